The molecule has 16 heavy (non-hydrogen) atoms. The Morgan fingerprint density at radius 3 is 2.81 bits per heavy atom. The van der Waals surface area contributed by atoms with Crippen LogP contribution >= 0.6 is 0 Å². The van der Waals surface area contributed by atoms with Crippen molar-refractivity contribution in [2.45, 2.75) is 0 Å². The number of aromatic carboxylic acids is 1. The number of hydrogen-bond acceptors (Lipinski definition) is 4. The van der Waals surface area contributed by atoms with Gasteiger partial charge in [-0.2, -0.15) is 0 Å². The Labute approximate surface area is 96.1 Å². The summed E-state index contributed by atoms with van der Waals surface area (Å²) in [6, 6.07) is 4.45. The maximum Gasteiger partial charge on any atom is 0.335 e. The molecule has 0 radical (unpaired) electrons. The summed E-state index contributed by atoms with van der Waals surface area (Å²) in [7, 11) is -0.880. The van der Waals surface area contributed by atoms with Gasteiger partial charge in [0, 0.05) is 29.4 Å². The average Bonchev–Trinajstić information content (AvgIpc) is 2.20. The fourth-order valence-corrected chi connectivity index (χ4v) is 1.56. The molecular weight excluding hydrogens is 228 g/mol. The van der Waals surface area contributed by atoms with Gasteiger partial charge in [-0.15, -0.1) is 0 Å². The first-order valence-electron chi connectivity index (χ1n) is 4.67. The summed E-state index contributed by atoms with van der Waals surface area (Å²) < 4.78 is 10.8. The molecule has 0 aromatic heterocycles. The van der Waals surface area contributed by atoms with Crippen LogP contribution in [0, 0.1) is 0 Å². The predicted octanol–water partition coefficient (Wildman–Crippen LogP) is 0.757. The van der Waals surface area contributed by atoms with Gasteiger partial charge in [-0.1, -0.05) is 0 Å². The minimum absolute atomic E-state index is 0.175. The quantitative estimate of drug-likeness (QED) is 0.663. The molecule has 4 N–H and O–H groups in total. The molecule has 1 aromatic carbocycles. The molecule has 0 aliphatic heterocycles. The van der Waals surface area contributed by atoms with Crippen LogP contribution in [-0.2, 0) is 10.8 Å². The maximum atomic E-state index is 10.8. The van der Waals surface area contributed by atoms with E-state index in [9.17, 15) is 9.00 Å². The molecule has 88 valence electrons. The van der Waals surface area contributed by atoms with Crippen molar-refractivity contribution < 1.29 is 14.1 Å². The zero-order valence-corrected chi connectivity index (χ0v) is 9.71. The summed E-state index contributed by atoms with van der Waals surface area (Å²) in [5.41, 5.74) is 6.89. The van der Waals surface area contributed by atoms with Gasteiger partial charge in [0.05, 0.1) is 16.9 Å². The van der Waals surface area contributed by atoms with E-state index in [1.54, 1.807) is 6.26 Å². The monoisotopic (exact) mass is 242 g/mol. The van der Waals surface area contributed by atoms with E-state index in [0.29, 0.717) is 23.7 Å². The number of hydrogen-bond donors (Lipinski definition) is 3. The van der Waals surface area contributed by atoms with Crippen molar-refractivity contribution in [3.05, 3.63) is 23.8 Å². The van der Waals surface area contributed by atoms with Crippen molar-refractivity contribution >= 4 is 28.1 Å². The highest BCUT2D eigenvalue weighted by Gasteiger charge is 2.06. The average molecular weight is 242 g/mol. The normalized spacial score (nSPS) is 12.1. The van der Waals surface area contributed by atoms with Crippen LogP contribution in [0.25, 0.3) is 0 Å². The van der Waals surface area contributed by atoms with Gasteiger partial charge in [0.2, 0.25) is 0 Å². The van der Waals surface area contributed by atoms with Crippen molar-refractivity contribution in [2.24, 2.45) is 0 Å². The fourth-order valence-electron chi connectivity index (χ4n) is 1.17. The van der Waals surface area contributed by atoms with Gasteiger partial charge in [0.1, 0.15) is 0 Å². The lowest BCUT2D eigenvalue weighted by molar-refractivity contribution is 0.0697. The van der Waals surface area contributed by atoms with E-state index >= 15 is 0 Å². The molecule has 0 amide bonds. The van der Waals surface area contributed by atoms with E-state index in [4.69, 9.17) is 10.8 Å². The molecule has 1 aromatic rings. The molecule has 0 saturated heterocycles. The summed E-state index contributed by atoms with van der Waals surface area (Å²) in [5.74, 6) is -0.501. The van der Waals surface area contributed by atoms with E-state index in [1.165, 1.54) is 18.2 Å². The lowest BCUT2D eigenvalue weighted by atomic mass is 10.2. The lowest BCUT2D eigenvalue weighted by Crippen LogP contribution is -2.11. The molecule has 1 rings (SSSR count). The van der Waals surface area contributed by atoms with E-state index in [0.717, 1.165) is 0 Å². The van der Waals surface area contributed by atoms with Crippen molar-refractivity contribution in [3.63, 3.8) is 0 Å². The summed E-state index contributed by atoms with van der Waals surface area (Å²) in [6.45, 7) is 0.496. The van der Waals surface area contributed by atoms with Crippen molar-refractivity contribution in [2.75, 3.05) is 29.6 Å². The van der Waals surface area contributed by atoms with Gasteiger partial charge in [-0.05, 0) is 18.2 Å². The van der Waals surface area contributed by atoms with Crippen LogP contribution in [0.2, 0.25) is 0 Å². The highest BCUT2D eigenvalue weighted by atomic mass is 32.2. The first-order chi connectivity index (χ1) is 7.50. The summed E-state index contributed by atoms with van der Waals surface area (Å²) in [5, 5.41) is 11.8. The van der Waals surface area contributed by atoms with Crippen LogP contribution in [-0.4, -0.2) is 33.8 Å². The van der Waals surface area contributed by atoms with Gasteiger partial charge < -0.3 is 16.2 Å². The molecule has 1 unspecified atom stereocenters. The van der Waals surface area contributed by atoms with E-state index < -0.39 is 16.8 Å². The SMILES string of the molecule is CS(=O)CCNc1cc(C(=O)O)ccc1N. The van der Waals surface area contributed by atoms with Crippen LogP contribution in [0.3, 0.4) is 0 Å². The highest BCUT2D eigenvalue weighted by Crippen LogP contribution is 2.19. The Hall–Kier alpha value is -1.56. The molecule has 0 saturated carbocycles. The number of nitrogens with one attached hydrogen (secondary N) is 1. The topological polar surface area (TPSA) is 92.4 Å². The second kappa shape index (κ2) is 5.50. The number of carboxylic acids is 1. The summed E-state index contributed by atoms with van der Waals surface area (Å²) >= 11 is 0. The zero-order valence-electron chi connectivity index (χ0n) is 8.90. The van der Waals surface area contributed by atoms with E-state index in [2.05, 4.69) is 5.32 Å². The Kier molecular flexibility index (Phi) is 4.30. The third-order valence-electron chi connectivity index (χ3n) is 2.01. The summed E-state index contributed by atoms with van der Waals surface area (Å²) in [4.78, 5) is 10.7. The molecule has 0 bridgehead atoms. The number of carboxylic acid groups (broad SMARTS) is 1. The largest absolute Gasteiger partial charge is 0.478 e. The van der Waals surface area contributed by atoms with Crippen molar-refractivity contribution in [1.29, 1.82) is 0 Å². The van der Waals surface area contributed by atoms with Crippen LogP contribution in [0.5, 0.6) is 0 Å². The van der Waals surface area contributed by atoms with E-state index in [-0.39, 0.29) is 5.56 Å². The molecular formula is C10H14N2O3S. The molecule has 5 nitrogen and oxygen atoms in total. The Morgan fingerprint density at radius 1 is 1.56 bits per heavy atom. The first kappa shape index (κ1) is 12.5. The van der Waals surface area contributed by atoms with Crippen molar-refractivity contribution in [3.8, 4) is 0 Å². The van der Waals surface area contributed by atoms with Gasteiger partial charge in [0.25, 0.3) is 0 Å². The van der Waals surface area contributed by atoms with Gasteiger partial charge >= 0.3 is 5.97 Å². The fraction of sp³-hybridized carbons (Fsp3) is 0.300. The second-order valence-corrected chi connectivity index (χ2v) is 4.87. The Balaban J connectivity index is 2.74. The molecule has 0 aliphatic carbocycles. The van der Waals surface area contributed by atoms with Gasteiger partial charge in [-0.3, -0.25) is 4.21 Å². The zero-order chi connectivity index (χ0) is 12.1. The van der Waals surface area contributed by atoms with Crippen LogP contribution in [0.4, 0.5) is 11.4 Å². The third kappa shape index (κ3) is 3.54. The molecule has 6 heteroatoms. The minimum Gasteiger partial charge on any atom is -0.478 e. The molecule has 0 fully saturated rings. The van der Waals surface area contributed by atoms with Crippen molar-refractivity contribution in [1.82, 2.24) is 0 Å². The van der Waals surface area contributed by atoms with Gasteiger partial charge in [0.15, 0.2) is 0 Å². The molecule has 1 atom stereocenters. The number of rotatable bonds is 5. The van der Waals surface area contributed by atoms with Crippen LogP contribution < -0.4 is 11.1 Å². The number of nitrogen functional groups attached to an aromatic ring is 1. The Bertz CT molecular complexity index is 421. The summed E-state index contributed by atoms with van der Waals surface area (Å²) in [6.07, 6.45) is 1.61. The number of carbonyl (C=O) groups is 1. The number of nitrogens with two attached hydrogens (primary N) is 1. The van der Waals surface area contributed by atoms with E-state index in [1.807, 2.05) is 0 Å². The third-order valence-corrected chi connectivity index (χ3v) is 2.78. The predicted molar refractivity (Wildman–Crippen MR) is 65.2 cm³/mol. The number of benzene rings is 1. The molecule has 0 aliphatic rings. The maximum absolute atomic E-state index is 10.8. The molecule has 0 spiro atoms. The smallest absolute Gasteiger partial charge is 0.335 e. The first-order valence-corrected chi connectivity index (χ1v) is 6.40. The standard InChI is InChI=1S/C10H14N2O3S/c1-16(15)5-4-12-9-6-7(10(13)14)2-3-8(9)11/h2-3,6,12H,4-5,11H2,1H3,(H,13,14). The van der Waals surface area contributed by atoms with Crippen LogP contribution in [0.1, 0.15) is 10.4 Å². The lowest BCUT2D eigenvalue weighted by Gasteiger charge is -2.09. The number of anilines is 2. The second-order valence-electron chi connectivity index (χ2n) is 3.31. The molecule has 0 heterocycles. The van der Waals surface area contributed by atoms with Gasteiger partial charge in [-0.25, -0.2) is 4.79 Å². The minimum atomic E-state index is -0.998. The Morgan fingerprint density at radius 2 is 2.25 bits per heavy atom. The van der Waals surface area contributed by atoms with Crippen LogP contribution in [0.15, 0.2) is 18.2 Å². The highest BCUT2D eigenvalue weighted by molar-refractivity contribution is 7.84.